The number of hydrogen-bond donors (Lipinski definition) is 3. The minimum atomic E-state index is -0.598. The zero-order chi connectivity index (χ0) is 16.6. The maximum Gasteiger partial charge on any atom is 0.319 e. The molecule has 0 bridgehead atoms. The molecule has 0 aliphatic heterocycles. The van der Waals surface area contributed by atoms with Crippen LogP contribution in [0.1, 0.15) is 35.5 Å². The number of benzene rings is 1. The van der Waals surface area contributed by atoms with Crippen LogP contribution in [0, 0.1) is 13.8 Å². The molecule has 6 heteroatoms. The number of fused-ring (bicyclic) bond motifs is 1. The van der Waals surface area contributed by atoms with E-state index in [0.717, 1.165) is 34.7 Å². The predicted molar refractivity (Wildman–Crippen MR) is 88.4 cm³/mol. The number of aliphatic hydroxyl groups excluding tert-OH is 1. The first-order valence-corrected chi connectivity index (χ1v) is 7.88. The Balaban J connectivity index is 1.75. The summed E-state index contributed by atoms with van der Waals surface area (Å²) in [5, 5.41) is 20.4. The van der Waals surface area contributed by atoms with Gasteiger partial charge in [-0.05, 0) is 31.9 Å². The van der Waals surface area contributed by atoms with Crippen LogP contribution in [0.15, 0.2) is 24.3 Å². The Hall–Kier alpha value is -2.34. The molecule has 1 aromatic carbocycles. The predicted octanol–water partition coefficient (Wildman–Crippen LogP) is 2.30. The zero-order valence-corrected chi connectivity index (χ0v) is 13.6. The molecule has 0 radical (unpaired) electrons. The van der Waals surface area contributed by atoms with Crippen molar-refractivity contribution in [3.63, 3.8) is 0 Å². The van der Waals surface area contributed by atoms with Crippen LogP contribution in [0.25, 0.3) is 0 Å². The minimum Gasteiger partial charge on any atom is -0.390 e. The third kappa shape index (κ3) is 2.82. The van der Waals surface area contributed by atoms with Gasteiger partial charge in [0.2, 0.25) is 0 Å². The fraction of sp³-hybridized carbons (Fsp3) is 0.412. The van der Waals surface area contributed by atoms with Gasteiger partial charge in [-0.1, -0.05) is 24.3 Å². The molecule has 0 unspecified atom stereocenters. The van der Waals surface area contributed by atoms with Crippen LogP contribution in [-0.4, -0.2) is 27.0 Å². The molecule has 1 aliphatic rings. The number of anilines is 1. The van der Waals surface area contributed by atoms with Gasteiger partial charge >= 0.3 is 6.03 Å². The normalized spacial score (nSPS) is 19.5. The van der Waals surface area contributed by atoms with Gasteiger partial charge in [0.1, 0.15) is 0 Å². The van der Waals surface area contributed by atoms with E-state index < -0.39 is 6.10 Å². The third-order valence-corrected chi connectivity index (χ3v) is 4.41. The SMILES string of the molecule is CCn1nc(C)c(NC(=O)N[C@@H]2c3ccccc3C[C@@H]2O)c1C. The number of hydrogen-bond acceptors (Lipinski definition) is 3. The van der Waals surface area contributed by atoms with Crippen LogP contribution in [0.5, 0.6) is 0 Å². The number of nitrogens with zero attached hydrogens (tertiary/aromatic N) is 2. The summed E-state index contributed by atoms with van der Waals surface area (Å²) in [7, 11) is 0. The van der Waals surface area contributed by atoms with Gasteiger partial charge in [0.05, 0.1) is 29.2 Å². The highest BCUT2D eigenvalue weighted by Crippen LogP contribution is 2.31. The van der Waals surface area contributed by atoms with E-state index in [-0.39, 0.29) is 12.1 Å². The van der Waals surface area contributed by atoms with Gasteiger partial charge in [0, 0.05) is 13.0 Å². The molecule has 0 fully saturated rings. The number of nitrogens with one attached hydrogen (secondary N) is 2. The van der Waals surface area contributed by atoms with Crippen molar-refractivity contribution in [1.82, 2.24) is 15.1 Å². The summed E-state index contributed by atoms with van der Waals surface area (Å²) in [4.78, 5) is 12.4. The van der Waals surface area contributed by atoms with E-state index in [2.05, 4.69) is 15.7 Å². The lowest BCUT2D eigenvalue weighted by Crippen LogP contribution is -2.37. The number of amides is 2. The summed E-state index contributed by atoms with van der Waals surface area (Å²) < 4.78 is 1.85. The van der Waals surface area contributed by atoms with E-state index in [1.165, 1.54) is 0 Å². The Morgan fingerprint density at radius 1 is 1.39 bits per heavy atom. The lowest BCUT2D eigenvalue weighted by Gasteiger charge is -2.18. The number of carbonyl (C=O) groups is 1. The molecule has 23 heavy (non-hydrogen) atoms. The molecule has 1 aliphatic carbocycles. The van der Waals surface area contributed by atoms with Crippen molar-refractivity contribution in [1.29, 1.82) is 0 Å². The highest BCUT2D eigenvalue weighted by atomic mass is 16.3. The molecular weight excluding hydrogens is 292 g/mol. The number of rotatable bonds is 3. The molecule has 0 saturated carbocycles. The molecular formula is C17H22N4O2. The maximum atomic E-state index is 12.4. The summed E-state index contributed by atoms with van der Waals surface area (Å²) in [5.41, 5.74) is 4.49. The molecule has 122 valence electrons. The van der Waals surface area contributed by atoms with Crippen molar-refractivity contribution in [3.05, 3.63) is 46.8 Å². The van der Waals surface area contributed by atoms with Gasteiger partial charge < -0.3 is 15.7 Å². The van der Waals surface area contributed by atoms with Crippen molar-refractivity contribution >= 4 is 11.7 Å². The fourth-order valence-electron chi connectivity index (χ4n) is 3.22. The highest BCUT2D eigenvalue weighted by Gasteiger charge is 2.32. The quantitative estimate of drug-likeness (QED) is 0.813. The Morgan fingerprint density at radius 2 is 2.13 bits per heavy atom. The number of aliphatic hydroxyl groups is 1. The summed E-state index contributed by atoms with van der Waals surface area (Å²) >= 11 is 0. The van der Waals surface area contributed by atoms with Crippen LogP contribution in [0.4, 0.5) is 10.5 Å². The van der Waals surface area contributed by atoms with E-state index in [9.17, 15) is 9.90 Å². The van der Waals surface area contributed by atoms with Crippen LogP contribution in [-0.2, 0) is 13.0 Å². The summed E-state index contributed by atoms with van der Waals surface area (Å²) in [6.45, 7) is 6.56. The van der Waals surface area contributed by atoms with Gasteiger partial charge in [-0.15, -0.1) is 0 Å². The van der Waals surface area contributed by atoms with Gasteiger partial charge in [0.25, 0.3) is 0 Å². The van der Waals surface area contributed by atoms with Crippen molar-refractivity contribution in [2.45, 2.75) is 45.9 Å². The smallest absolute Gasteiger partial charge is 0.319 e. The molecule has 3 N–H and O–H groups in total. The first-order chi connectivity index (χ1) is 11.0. The van der Waals surface area contributed by atoms with Crippen molar-refractivity contribution in [3.8, 4) is 0 Å². The van der Waals surface area contributed by atoms with Crippen LogP contribution < -0.4 is 10.6 Å². The van der Waals surface area contributed by atoms with Gasteiger partial charge in [-0.2, -0.15) is 5.10 Å². The standard InChI is InChI=1S/C17H22N4O2/c1-4-21-11(3)15(10(2)20-21)18-17(23)19-16-13-8-6-5-7-12(13)9-14(16)22/h5-8,14,16,22H,4,9H2,1-3H3,(H2,18,19,23)/t14-,16+/m0/s1. The molecule has 1 aromatic heterocycles. The molecule has 0 spiro atoms. The largest absolute Gasteiger partial charge is 0.390 e. The second-order valence-electron chi connectivity index (χ2n) is 5.91. The van der Waals surface area contributed by atoms with Crippen LogP contribution >= 0.6 is 0 Å². The Bertz CT molecular complexity index is 738. The van der Waals surface area contributed by atoms with Crippen LogP contribution in [0.2, 0.25) is 0 Å². The molecule has 1 heterocycles. The fourth-order valence-corrected chi connectivity index (χ4v) is 3.22. The zero-order valence-electron chi connectivity index (χ0n) is 13.6. The van der Waals surface area contributed by atoms with E-state index in [1.807, 2.05) is 49.7 Å². The average Bonchev–Trinajstić information content (AvgIpc) is 2.98. The number of aromatic nitrogens is 2. The lowest BCUT2D eigenvalue weighted by molar-refractivity contribution is 0.144. The van der Waals surface area contributed by atoms with Gasteiger partial charge in [0.15, 0.2) is 0 Å². The number of aryl methyl sites for hydroxylation is 2. The first-order valence-electron chi connectivity index (χ1n) is 7.88. The van der Waals surface area contributed by atoms with Gasteiger partial charge in [-0.25, -0.2) is 4.79 Å². The molecule has 0 saturated heterocycles. The topological polar surface area (TPSA) is 79.2 Å². The number of urea groups is 1. The van der Waals surface area contributed by atoms with E-state index >= 15 is 0 Å². The van der Waals surface area contributed by atoms with E-state index in [4.69, 9.17) is 0 Å². The Labute approximate surface area is 135 Å². The van der Waals surface area contributed by atoms with Crippen molar-refractivity contribution in [2.24, 2.45) is 0 Å². The maximum absolute atomic E-state index is 12.4. The number of carbonyl (C=O) groups excluding carboxylic acids is 1. The monoisotopic (exact) mass is 314 g/mol. The second kappa shape index (κ2) is 6.04. The Morgan fingerprint density at radius 3 is 2.83 bits per heavy atom. The molecule has 2 atom stereocenters. The highest BCUT2D eigenvalue weighted by molar-refractivity contribution is 5.91. The second-order valence-corrected chi connectivity index (χ2v) is 5.91. The summed E-state index contributed by atoms with van der Waals surface area (Å²) in [5.74, 6) is 0. The lowest BCUT2D eigenvalue weighted by atomic mass is 10.1. The summed E-state index contributed by atoms with van der Waals surface area (Å²) in [6, 6.07) is 7.09. The van der Waals surface area contributed by atoms with Gasteiger partial charge in [-0.3, -0.25) is 4.68 Å². The molecule has 3 rings (SSSR count). The molecule has 2 aromatic rings. The molecule has 2 amide bonds. The first kappa shape index (κ1) is 15.6. The average molecular weight is 314 g/mol. The summed E-state index contributed by atoms with van der Waals surface area (Å²) in [6.07, 6.45) is -0.0360. The van der Waals surface area contributed by atoms with Crippen molar-refractivity contribution in [2.75, 3.05) is 5.32 Å². The molecule has 6 nitrogen and oxygen atoms in total. The third-order valence-electron chi connectivity index (χ3n) is 4.41. The van der Waals surface area contributed by atoms with E-state index in [0.29, 0.717) is 6.42 Å². The van der Waals surface area contributed by atoms with Crippen molar-refractivity contribution < 1.29 is 9.90 Å². The van der Waals surface area contributed by atoms with E-state index in [1.54, 1.807) is 0 Å². The minimum absolute atomic E-state index is 0.326. The van der Waals surface area contributed by atoms with Crippen LogP contribution in [0.3, 0.4) is 0 Å². The Kier molecular flexibility index (Phi) is 4.09.